The molecule has 2 aliphatic rings. The van der Waals surface area contributed by atoms with E-state index < -0.39 is 0 Å². The quantitative estimate of drug-likeness (QED) is 0.531. The van der Waals surface area contributed by atoms with Crippen LogP contribution in [0.4, 0.5) is 0 Å². The zero-order valence-electron chi connectivity index (χ0n) is 16.1. The first kappa shape index (κ1) is 18.8. The van der Waals surface area contributed by atoms with Gasteiger partial charge in [0.25, 0.3) is 0 Å². The van der Waals surface area contributed by atoms with Crippen LogP contribution in [0.15, 0.2) is 12.4 Å². The summed E-state index contributed by atoms with van der Waals surface area (Å²) in [6, 6.07) is 0. The van der Waals surface area contributed by atoms with Crippen LogP contribution in [0.5, 0.6) is 0 Å². The van der Waals surface area contributed by atoms with Crippen LogP contribution >= 0.6 is 0 Å². The first-order valence-electron chi connectivity index (χ1n) is 10.8. The van der Waals surface area contributed by atoms with Crippen molar-refractivity contribution in [3.63, 3.8) is 0 Å². The van der Waals surface area contributed by atoms with Crippen LogP contribution in [-0.2, 0) is 4.74 Å². The van der Waals surface area contributed by atoms with Crippen molar-refractivity contribution in [1.29, 1.82) is 0 Å². The van der Waals surface area contributed by atoms with Crippen molar-refractivity contribution >= 4 is 0 Å². The van der Waals surface area contributed by atoms with Gasteiger partial charge in [-0.15, -0.1) is 0 Å². The lowest BCUT2D eigenvalue weighted by Gasteiger charge is -2.29. The maximum Gasteiger partial charge on any atom is 0.131 e. The monoisotopic (exact) mass is 344 g/mol. The highest BCUT2D eigenvalue weighted by molar-refractivity contribution is 5.14. The molecule has 0 radical (unpaired) electrons. The van der Waals surface area contributed by atoms with Crippen molar-refractivity contribution in [2.45, 2.75) is 108 Å². The third-order valence-corrected chi connectivity index (χ3v) is 6.16. The van der Waals surface area contributed by atoms with Crippen molar-refractivity contribution in [1.82, 2.24) is 9.97 Å². The highest BCUT2D eigenvalue weighted by Gasteiger charge is 2.24. The Kier molecular flexibility index (Phi) is 7.72. The first-order chi connectivity index (χ1) is 12.4. The maximum atomic E-state index is 6.08. The molecule has 25 heavy (non-hydrogen) atoms. The zero-order valence-corrected chi connectivity index (χ0v) is 16.1. The van der Waals surface area contributed by atoms with Gasteiger partial charge < -0.3 is 4.74 Å². The molecule has 140 valence electrons. The second-order valence-corrected chi connectivity index (χ2v) is 8.11. The van der Waals surface area contributed by atoms with Crippen molar-refractivity contribution in [2.24, 2.45) is 0 Å². The summed E-state index contributed by atoms with van der Waals surface area (Å²) in [5.41, 5.74) is 1.35. The zero-order chi connectivity index (χ0) is 17.3. The molecule has 0 aliphatic heterocycles. The molecule has 0 bridgehead atoms. The molecular weight excluding hydrogens is 308 g/mol. The summed E-state index contributed by atoms with van der Waals surface area (Å²) in [6.07, 6.45) is 21.4. The summed E-state index contributed by atoms with van der Waals surface area (Å²) in [6.45, 7) is 3.21. The molecule has 0 saturated heterocycles. The second-order valence-electron chi connectivity index (χ2n) is 8.11. The fraction of sp³-hybridized carbons (Fsp3) is 0.818. The van der Waals surface area contributed by atoms with E-state index in [0.717, 1.165) is 12.4 Å². The topological polar surface area (TPSA) is 35.0 Å². The average Bonchev–Trinajstić information content (AvgIpc) is 2.69. The van der Waals surface area contributed by atoms with E-state index in [9.17, 15) is 0 Å². The van der Waals surface area contributed by atoms with E-state index in [-0.39, 0.29) is 0 Å². The van der Waals surface area contributed by atoms with E-state index in [2.05, 4.69) is 19.3 Å². The summed E-state index contributed by atoms with van der Waals surface area (Å²) >= 11 is 0. The number of unbranched alkanes of at least 4 members (excludes halogenated alkanes) is 3. The van der Waals surface area contributed by atoms with Gasteiger partial charge in [0.15, 0.2) is 0 Å². The predicted octanol–water partition coefficient (Wildman–Crippen LogP) is 6.15. The van der Waals surface area contributed by atoms with Gasteiger partial charge in [0.2, 0.25) is 0 Å². The maximum absolute atomic E-state index is 6.08. The van der Waals surface area contributed by atoms with E-state index in [4.69, 9.17) is 14.7 Å². The van der Waals surface area contributed by atoms with E-state index in [1.807, 2.05) is 0 Å². The van der Waals surface area contributed by atoms with Gasteiger partial charge in [-0.25, -0.2) is 9.97 Å². The molecule has 0 amide bonds. The fourth-order valence-corrected chi connectivity index (χ4v) is 4.47. The van der Waals surface area contributed by atoms with Crippen LogP contribution in [0, 0.1) is 0 Å². The van der Waals surface area contributed by atoms with E-state index in [0.29, 0.717) is 17.9 Å². The smallest absolute Gasteiger partial charge is 0.131 e. The number of aromatic nitrogens is 2. The highest BCUT2D eigenvalue weighted by Crippen LogP contribution is 2.35. The Bertz CT molecular complexity index is 473. The molecule has 3 rings (SSSR count). The second kappa shape index (κ2) is 10.3. The van der Waals surface area contributed by atoms with Crippen LogP contribution in [0.3, 0.4) is 0 Å². The Morgan fingerprint density at radius 2 is 1.56 bits per heavy atom. The molecule has 1 aromatic rings. The molecule has 3 nitrogen and oxygen atoms in total. The highest BCUT2D eigenvalue weighted by atomic mass is 16.5. The molecule has 1 aromatic heterocycles. The molecule has 0 unspecified atom stereocenters. The summed E-state index contributed by atoms with van der Waals surface area (Å²) in [7, 11) is 0. The molecule has 0 spiro atoms. The molecule has 2 saturated carbocycles. The lowest BCUT2D eigenvalue weighted by molar-refractivity contribution is 0.0226. The van der Waals surface area contributed by atoms with Crippen LogP contribution in [-0.4, -0.2) is 22.7 Å². The van der Waals surface area contributed by atoms with Crippen molar-refractivity contribution in [2.75, 3.05) is 6.61 Å². The normalized spacial score (nSPS) is 25.2. The molecule has 0 aromatic carbocycles. The van der Waals surface area contributed by atoms with Crippen molar-refractivity contribution in [3.8, 4) is 0 Å². The Morgan fingerprint density at radius 1 is 0.840 bits per heavy atom. The van der Waals surface area contributed by atoms with Crippen LogP contribution < -0.4 is 0 Å². The van der Waals surface area contributed by atoms with Gasteiger partial charge in [-0.1, -0.05) is 45.4 Å². The largest absolute Gasteiger partial charge is 0.378 e. The summed E-state index contributed by atoms with van der Waals surface area (Å²) in [4.78, 5) is 9.46. The molecule has 2 fully saturated rings. The fourth-order valence-electron chi connectivity index (χ4n) is 4.47. The molecular formula is C22H36N2O. The van der Waals surface area contributed by atoms with Crippen LogP contribution in [0.25, 0.3) is 0 Å². The first-order valence-corrected chi connectivity index (χ1v) is 10.8. The minimum absolute atomic E-state index is 0.486. The van der Waals surface area contributed by atoms with Gasteiger partial charge in [-0.3, -0.25) is 0 Å². The molecule has 0 atom stereocenters. The molecule has 0 N–H and O–H groups in total. The lowest BCUT2D eigenvalue weighted by Crippen LogP contribution is -2.21. The third kappa shape index (κ3) is 5.77. The summed E-state index contributed by atoms with van der Waals surface area (Å²) < 4.78 is 6.08. The van der Waals surface area contributed by atoms with E-state index in [1.54, 1.807) is 0 Å². The lowest BCUT2D eigenvalue weighted by atomic mass is 9.83. The van der Waals surface area contributed by atoms with E-state index in [1.165, 1.54) is 89.0 Å². The van der Waals surface area contributed by atoms with Crippen molar-refractivity contribution < 1.29 is 4.74 Å². The number of rotatable bonds is 8. The Morgan fingerprint density at radius 3 is 2.24 bits per heavy atom. The minimum atomic E-state index is 0.486. The van der Waals surface area contributed by atoms with Crippen LogP contribution in [0.2, 0.25) is 0 Å². The predicted molar refractivity (Wildman–Crippen MR) is 103 cm³/mol. The molecule has 3 heteroatoms. The minimum Gasteiger partial charge on any atom is -0.378 e. The molecule has 2 aliphatic carbocycles. The van der Waals surface area contributed by atoms with Gasteiger partial charge in [-0.2, -0.15) is 0 Å². The van der Waals surface area contributed by atoms with Gasteiger partial charge >= 0.3 is 0 Å². The molecule has 1 heterocycles. The Balaban J connectivity index is 1.40. The number of hydrogen-bond donors (Lipinski definition) is 0. The standard InChI is InChI=1S/C22H36N2O/c1-2-3-4-8-15-25-21-13-11-18(12-14-21)20-16-23-22(24-17-20)19-9-6-5-7-10-19/h16-19,21H,2-15H2,1H3. The SMILES string of the molecule is CCCCCCOC1CCC(c2cnc(C3CCCCC3)nc2)CC1. The van der Waals surface area contributed by atoms with Gasteiger partial charge in [0.05, 0.1) is 6.10 Å². The number of ether oxygens (including phenoxy) is 1. The summed E-state index contributed by atoms with van der Waals surface area (Å²) in [5.74, 6) is 2.34. The number of nitrogens with zero attached hydrogens (tertiary/aromatic N) is 2. The van der Waals surface area contributed by atoms with Gasteiger partial charge in [0.1, 0.15) is 5.82 Å². The average molecular weight is 345 g/mol. The van der Waals surface area contributed by atoms with Crippen molar-refractivity contribution in [3.05, 3.63) is 23.8 Å². The Hall–Kier alpha value is -0.960. The van der Waals surface area contributed by atoms with Crippen LogP contribution in [0.1, 0.15) is 114 Å². The third-order valence-electron chi connectivity index (χ3n) is 6.16. The van der Waals surface area contributed by atoms with E-state index >= 15 is 0 Å². The Labute approximate surface area is 154 Å². The number of hydrogen-bond acceptors (Lipinski definition) is 3. The summed E-state index contributed by atoms with van der Waals surface area (Å²) in [5, 5.41) is 0. The van der Waals surface area contributed by atoms with Gasteiger partial charge in [-0.05, 0) is 56.4 Å². The van der Waals surface area contributed by atoms with Gasteiger partial charge in [0, 0.05) is 24.9 Å².